The maximum Gasteiger partial charge on any atom is 0.270 e. The van der Waals surface area contributed by atoms with E-state index in [0.29, 0.717) is 10.7 Å². The van der Waals surface area contributed by atoms with Gasteiger partial charge in [-0.2, -0.15) is 0 Å². The minimum Gasteiger partial charge on any atom is -0.378 e. The second kappa shape index (κ2) is 7.68. The van der Waals surface area contributed by atoms with E-state index in [1.54, 1.807) is 12.1 Å². The van der Waals surface area contributed by atoms with Crippen LogP contribution in [-0.4, -0.2) is 31.0 Å². The van der Waals surface area contributed by atoms with Crippen molar-refractivity contribution in [3.05, 3.63) is 63.6 Å². The Morgan fingerprint density at radius 3 is 2.30 bits per heavy atom. The Kier molecular flexibility index (Phi) is 5.51. The minimum atomic E-state index is -0.544. The van der Waals surface area contributed by atoms with E-state index in [2.05, 4.69) is 5.32 Å². The zero-order chi connectivity index (χ0) is 19.7. The minimum absolute atomic E-state index is 0.0107. The number of halogens is 2. The SMILES string of the molecule is CN(C)c1ccc(/C=C2\C(=O)NC(=S)N(c3ccc(Cl)c(Cl)c3)C2=O)cc1. The fourth-order valence-corrected chi connectivity index (χ4v) is 3.12. The highest BCUT2D eigenvalue weighted by Crippen LogP contribution is 2.29. The van der Waals surface area contributed by atoms with Crippen molar-refractivity contribution in [2.75, 3.05) is 23.9 Å². The fraction of sp³-hybridized carbons (Fsp3) is 0.105. The van der Waals surface area contributed by atoms with Crippen LogP contribution in [0.1, 0.15) is 5.56 Å². The Morgan fingerprint density at radius 1 is 1.04 bits per heavy atom. The van der Waals surface area contributed by atoms with E-state index in [4.69, 9.17) is 35.4 Å². The van der Waals surface area contributed by atoms with Crippen molar-refractivity contribution < 1.29 is 9.59 Å². The van der Waals surface area contributed by atoms with Gasteiger partial charge in [0.2, 0.25) is 0 Å². The predicted molar refractivity (Wildman–Crippen MR) is 113 cm³/mol. The van der Waals surface area contributed by atoms with Gasteiger partial charge < -0.3 is 4.90 Å². The van der Waals surface area contributed by atoms with Gasteiger partial charge in [-0.25, -0.2) is 0 Å². The van der Waals surface area contributed by atoms with Gasteiger partial charge in [0.1, 0.15) is 5.57 Å². The summed E-state index contributed by atoms with van der Waals surface area (Å²) in [6, 6.07) is 12.2. The number of rotatable bonds is 3. The number of amides is 2. The molecule has 0 aliphatic carbocycles. The molecular formula is C19H15Cl2N3O2S. The van der Waals surface area contributed by atoms with E-state index in [1.165, 1.54) is 17.0 Å². The number of nitrogens with zero attached hydrogens (tertiary/aromatic N) is 2. The molecule has 0 saturated carbocycles. The molecule has 1 aliphatic rings. The highest BCUT2D eigenvalue weighted by Gasteiger charge is 2.34. The molecule has 1 saturated heterocycles. The van der Waals surface area contributed by atoms with Crippen molar-refractivity contribution in [1.29, 1.82) is 0 Å². The van der Waals surface area contributed by atoms with E-state index in [1.807, 2.05) is 43.3 Å². The number of thiocarbonyl (C=S) groups is 1. The van der Waals surface area contributed by atoms with Gasteiger partial charge in [-0.3, -0.25) is 19.8 Å². The largest absolute Gasteiger partial charge is 0.378 e. The van der Waals surface area contributed by atoms with Crippen LogP contribution in [0.2, 0.25) is 10.0 Å². The molecule has 8 heteroatoms. The van der Waals surface area contributed by atoms with Crippen LogP contribution in [0.3, 0.4) is 0 Å². The monoisotopic (exact) mass is 419 g/mol. The van der Waals surface area contributed by atoms with Gasteiger partial charge in [0.25, 0.3) is 11.8 Å². The van der Waals surface area contributed by atoms with Crippen LogP contribution in [0.25, 0.3) is 6.08 Å². The van der Waals surface area contributed by atoms with Crippen molar-refractivity contribution in [3.8, 4) is 0 Å². The molecule has 0 bridgehead atoms. The number of hydrogen-bond donors (Lipinski definition) is 1. The number of benzene rings is 2. The topological polar surface area (TPSA) is 52.7 Å². The molecule has 0 aromatic heterocycles. The summed E-state index contributed by atoms with van der Waals surface area (Å²) in [4.78, 5) is 28.4. The van der Waals surface area contributed by atoms with Crippen LogP contribution >= 0.6 is 35.4 Å². The summed E-state index contributed by atoms with van der Waals surface area (Å²) in [5.41, 5.74) is 2.14. The summed E-state index contributed by atoms with van der Waals surface area (Å²) in [5, 5.41) is 3.17. The van der Waals surface area contributed by atoms with Crippen LogP contribution < -0.4 is 15.1 Å². The lowest BCUT2D eigenvalue weighted by Gasteiger charge is -2.29. The first-order valence-electron chi connectivity index (χ1n) is 7.92. The Hall–Kier alpha value is -2.41. The third-order valence-electron chi connectivity index (χ3n) is 3.98. The molecule has 3 rings (SSSR count). The summed E-state index contributed by atoms with van der Waals surface area (Å²) >= 11 is 17.1. The van der Waals surface area contributed by atoms with Crippen molar-refractivity contribution in [2.24, 2.45) is 0 Å². The first-order valence-corrected chi connectivity index (χ1v) is 9.08. The van der Waals surface area contributed by atoms with Gasteiger partial charge in [-0.15, -0.1) is 0 Å². The van der Waals surface area contributed by atoms with Crippen LogP contribution in [0.5, 0.6) is 0 Å². The zero-order valence-electron chi connectivity index (χ0n) is 14.5. The van der Waals surface area contributed by atoms with Gasteiger partial charge in [-0.05, 0) is 54.2 Å². The summed E-state index contributed by atoms with van der Waals surface area (Å²) in [7, 11) is 3.86. The number of nitrogens with one attached hydrogen (secondary N) is 1. The lowest BCUT2D eigenvalue weighted by molar-refractivity contribution is -0.122. The van der Waals surface area contributed by atoms with Gasteiger partial charge >= 0.3 is 0 Å². The third-order valence-corrected chi connectivity index (χ3v) is 5.01. The third kappa shape index (κ3) is 3.98. The van der Waals surface area contributed by atoms with Crippen molar-refractivity contribution in [2.45, 2.75) is 0 Å². The van der Waals surface area contributed by atoms with Crippen LogP contribution in [-0.2, 0) is 9.59 Å². The normalized spacial score (nSPS) is 15.9. The summed E-state index contributed by atoms with van der Waals surface area (Å²) < 4.78 is 0. The molecule has 138 valence electrons. The fourth-order valence-electron chi connectivity index (χ4n) is 2.55. The average molecular weight is 420 g/mol. The van der Waals surface area contributed by atoms with Gasteiger partial charge in [0.15, 0.2) is 5.11 Å². The van der Waals surface area contributed by atoms with Gasteiger partial charge in [0.05, 0.1) is 15.7 Å². The summed E-state index contributed by atoms with van der Waals surface area (Å²) in [6.45, 7) is 0. The van der Waals surface area contributed by atoms with Gasteiger partial charge in [0, 0.05) is 19.8 Å². The highest BCUT2D eigenvalue weighted by molar-refractivity contribution is 7.80. The highest BCUT2D eigenvalue weighted by atomic mass is 35.5. The van der Waals surface area contributed by atoms with Crippen molar-refractivity contribution >= 4 is 69.8 Å². The standard InChI is InChI=1S/C19H15Cl2N3O2S/c1-23(2)12-5-3-11(4-6-12)9-14-17(25)22-19(27)24(18(14)26)13-7-8-15(20)16(21)10-13/h3-10H,1-2H3,(H,22,25,27)/b14-9+. The summed E-state index contributed by atoms with van der Waals surface area (Å²) in [5.74, 6) is -1.07. The molecule has 1 aliphatic heterocycles. The van der Waals surface area contributed by atoms with Crippen LogP contribution in [0.15, 0.2) is 48.0 Å². The lowest BCUT2D eigenvalue weighted by Crippen LogP contribution is -2.54. The molecule has 2 aromatic rings. The van der Waals surface area contributed by atoms with Crippen LogP contribution in [0.4, 0.5) is 11.4 Å². The van der Waals surface area contributed by atoms with Crippen molar-refractivity contribution in [1.82, 2.24) is 5.32 Å². The molecule has 1 heterocycles. The lowest BCUT2D eigenvalue weighted by atomic mass is 10.1. The van der Waals surface area contributed by atoms with E-state index >= 15 is 0 Å². The molecule has 1 fully saturated rings. The molecule has 2 aromatic carbocycles. The number of carbonyl (C=O) groups excluding carboxylic acids is 2. The number of anilines is 2. The molecule has 1 N–H and O–H groups in total. The molecule has 0 atom stereocenters. The van der Waals surface area contributed by atoms with Gasteiger partial charge in [-0.1, -0.05) is 35.3 Å². The maximum absolute atomic E-state index is 12.9. The number of carbonyl (C=O) groups is 2. The molecule has 0 radical (unpaired) electrons. The maximum atomic E-state index is 12.9. The molecule has 27 heavy (non-hydrogen) atoms. The molecule has 2 amide bonds. The van der Waals surface area contributed by atoms with Crippen LogP contribution in [0, 0.1) is 0 Å². The van der Waals surface area contributed by atoms with E-state index < -0.39 is 11.8 Å². The first-order chi connectivity index (χ1) is 12.8. The van der Waals surface area contributed by atoms with E-state index in [-0.39, 0.29) is 15.7 Å². The summed E-state index contributed by atoms with van der Waals surface area (Å²) in [6.07, 6.45) is 1.53. The predicted octanol–water partition coefficient (Wildman–Crippen LogP) is 3.89. The second-order valence-electron chi connectivity index (χ2n) is 6.04. The molecule has 5 nitrogen and oxygen atoms in total. The smallest absolute Gasteiger partial charge is 0.270 e. The van der Waals surface area contributed by atoms with E-state index in [0.717, 1.165) is 11.3 Å². The zero-order valence-corrected chi connectivity index (χ0v) is 16.8. The quantitative estimate of drug-likeness (QED) is 0.465. The molecule has 0 spiro atoms. The average Bonchev–Trinajstić information content (AvgIpc) is 2.62. The van der Waals surface area contributed by atoms with Crippen molar-refractivity contribution in [3.63, 3.8) is 0 Å². The second-order valence-corrected chi connectivity index (χ2v) is 7.24. The molecule has 0 unspecified atom stereocenters. The van der Waals surface area contributed by atoms with E-state index in [9.17, 15) is 9.59 Å². The number of hydrogen-bond acceptors (Lipinski definition) is 4. The first kappa shape index (κ1) is 19.4. The Labute approximate surface area is 172 Å². The Balaban J connectivity index is 1.97. The Bertz CT molecular complexity index is 971. The molecular weight excluding hydrogens is 405 g/mol. The Morgan fingerprint density at radius 2 is 1.70 bits per heavy atom.